The van der Waals surface area contributed by atoms with Gasteiger partial charge in [0.2, 0.25) is 0 Å². The maximum Gasteiger partial charge on any atom is 0.171 e. The topological polar surface area (TPSA) is 29.1 Å². The Bertz CT molecular complexity index is 493. The van der Waals surface area contributed by atoms with Gasteiger partial charge in [-0.15, -0.1) is 0 Å². The third kappa shape index (κ3) is 2.78. The lowest BCUT2D eigenvalue weighted by molar-refractivity contribution is 0.0703. The monoisotopic (exact) mass is 277 g/mol. The van der Waals surface area contributed by atoms with E-state index in [9.17, 15) is 9.18 Å². The highest BCUT2D eigenvalue weighted by molar-refractivity contribution is 6.01. The first-order chi connectivity index (χ1) is 9.34. The Morgan fingerprint density at radius 1 is 1.35 bits per heavy atom. The van der Waals surface area contributed by atoms with Gasteiger partial charge in [0.15, 0.2) is 5.78 Å². The Balaban J connectivity index is 2.34. The normalized spacial score (nSPS) is 19.9. The van der Waals surface area contributed by atoms with Crippen molar-refractivity contribution in [2.24, 2.45) is 11.3 Å². The van der Waals surface area contributed by atoms with E-state index in [-0.39, 0.29) is 23.1 Å². The molecule has 1 fully saturated rings. The van der Waals surface area contributed by atoms with Crippen molar-refractivity contribution in [1.82, 2.24) is 5.32 Å². The fourth-order valence-corrected chi connectivity index (χ4v) is 3.18. The van der Waals surface area contributed by atoms with Crippen molar-refractivity contribution in [1.29, 1.82) is 0 Å². The van der Waals surface area contributed by atoms with Crippen LogP contribution in [0.2, 0.25) is 0 Å². The van der Waals surface area contributed by atoms with Gasteiger partial charge in [-0.3, -0.25) is 4.79 Å². The number of hydrogen-bond acceptors (Lipinski definition) is 2. The van der Waals surface area contributed by atoms with Gasteiger partial charge in [-0.1, -0.05) is 19.9 Å². The molecule has 3 heteroatoms. The molecule has 0 saturated carbocycles. The Morgan fingerprint density at radius 2 is 2.05 bits per heavy atom. The first-order valence-corrected chi connectivity index (χ1v) is 7.36. The molecule has 2 nitrogen and oxygen atoms in total. The minimum absolute atomic E-state index is 0.0683. The highest BCUT2D eigenvalue weighted by Crippen LogP contribution is 2.36. The van der Waals surface area contributed by atoms with Gasteiger partial charge < -0.3 is 5.32 Å². The number of Topliss-reactive ketones (excluding diaryl/α,β-unsaturated/α-hetero) is 1. The van der Waals surface area contributed by atoms with E-state index in [1.54, 1.807) is 0 Å². The van der Waals surface area contributed by atoms with Crippen LogP contribution < -0.4 is 5.32 Å². The summed E-state index contributed by atoms with van der Waals surface area (Å²) in [5.41, 5.74) is 1.33. The van der Waals surface area contributed by atoms with Crippen LogP contribution in [0.25, 0.3) is 0 Å². The third-order valence-electron chi connectivity index (χ3n) is 4.56. The van der Waals surface area contributed by atoms with Crippen molar-refractivity contribution in [3.05, 3.63) is 34.6 Å². The van der Waals surface area contributed by atoms with E-state index in [2.05, 4.69) is 5.32 Å². The van der Waals surface area contributed by atoms with Crippen LogP contribution in [0.3, 0.4) is 0 Å². The van der Waals surface area contributed by atoms with Crippen molar-refractivity contribution in [3.63, 3.8) is 0 Å². The number of aryl methyl sites for hydroxylation is 2. The lowest BCUT2D eigenvalue weighted by atomic mass is 9.70. The second-order valence-corrected chi connectivity index (χ2v) is 6.53. The van der Waals surface area contributed by atoms with E-state index in [4.69, 9.17) is 0 Å². The minimum Gasteiger partial charge on any atom is -0.316 e. The van der Waals surface area contributed by atoms with Crippen molar-refractivity contribution < 1.29 is 9.18 Å². The van der Waals surface area contributed by atoms with Crippen LogP contribution in [-0.2, 0) is 0 Å². The summed E-state index contributed by atoms with van der Waals surface area (Å²) >= 11 is 0. The van der Waals surface area contributed by atoms with Crippen LogP contribution in [0.5, 0.6) is 0 Å². The Hall–Kier alpha value is -1.22. The summed E-state index contributed by atoms with van der Waals surface area (Å²) in [6, 6.07) is 3.33. The fraction of sp³-hybridized carbons (Fsp3) is 0.588. The molecule has 110 valence electrons. The average molecular weight is 277 g/mol. The molecular formula is C17H24FNO. The summed E-state index contributed by atoms with van der Waals surface area (Å²) in [6.07, 6.45) is 2.11. The highest BCUT2D eigenvalue weighted by atomic mass is 19.1. The van der Waals surface area contributed by atoms with Crippen LogP contribution >= 0.6 is 0 Å². The summed E-state index contributed by atoms with van der Waals surface area (Å²) in [7, 11) is 0. The lowest BCUT2D eigenvalue weighted by Gasteiger charge is -2.36. The summed E-state index contributed by atoms with van der Waals surface area (Å²) in [6.45, 7) is 9.42. The molecule has 0 amide bonds. The number of benzene rings is 1. The summed E-state index contributed by atoms with van der Waals surface area (Å²) in [4.78, 5) is 12.9. The summed E-state index contributed by atoms with van der Waals surface area (Å²) in [5, 5.41) is 3.34. The number of piperidine rings is 1. The van der Waals surface area contributed by atoms with Crippen molar-refractivity contribution in [2.45, 2.75) is 40.5 Å². The molecule has 0 spiro atoms. The molecule has 0 aromatic heterocycles. The molecule has 20 heavy (non-hydrogen) atoms. The van der Waals surface area contributed by atoms with E-state index in [0.29, 0.717) is 0 Å². The molecule has 1 heterocycles. The number of nitrogens with one attached hydrogen (secondary N) is 1. The largest absolute Gasteiger partial charge is 0.316 e. The van der Waals surface area contributed by atoms with Crippen LogP contribution in [0.15, 0.2) is 12.1 Å². The van der Waals surface area contributed by atoms with Crippen molar-refractivity contribution >= 4 is 5.78 Å². The zero-order valence-electron chi connectivity index (χ0n) is 12.8. The Morgan fingerprint density at radius 3 is 2.60 bits per heavy atom. The first kappa shape index (κ1) is 15.2. The molecule has 0 aliphatic carbocycles. The SMILES string of the molecule is Cc1cc(C)c(C(=O)C(C)(C)C2CCCNC2)c(F)c1. The standard InChI is InChI=1S/C17H24FNO/c1-11-8-12(2)15(14(18)9-11)16(20)17(3,4)13-6-5-7-19-10-13/h8-9,13,19H,5-7,10H2,1-4H3. The van der Waals surface area contributed by atoms with E-state index in [0.717, 1.165) is 37.1 Å². The van der Waals surface area contributed by atoms with Gasteiger partial charge in [0, 0.05) is 5.41 Å². The molecular weight excluding hydrogens is 253 g/mol. The maximum atomic E-state index is 14.2. The quantitative estimate of drug-likeness (QED) is 0.854. The zero-order chi connectivity index (χ0) is 14.9. The predicted octanol–water partition coefficient (Wildman–Crippen LogP) is 3.65. The lowest BCUT2D eigenvalue weighted by Crippen LogP contribution is -2.43. The molecule has 1 aliphatic rings. The second-order valence-electron chi connectivity index (χ2n) is 6.53. The fourth-order valence-electron chi connectivity index (χ4n) is 3.18. The number of rotatable bonds is 3. The summed E-state index contributed by atoms with van der Waals surface area (Å²) < 4.78 is 14.2. The molecule has 0 radical (unpaired) electrons. The van der Waals surface area contributed by atoms with Gasteiger partial charge in [-0.25, -0.2) is 4.39 Å². The van der Waals surface area contributed by atoms with Crippen LogP contribution in [-0.4, -0.2) is 18.9 Å². The molecule has 1 saturated heterocycles. The second kappa shape index (κ2) is 5.65. The maximum absolute atomic E-state index is 14.2. The van der Waals surface area contributed by atoms with Gasteiger partial charge in [0.05, 0.1) is 5.56 Å². The predicted molar refractivity (Wildman–Crippen MR) is 79.6 cm³/mol. The number of hydrogen-bond donors (Lipinski definition) is 1. The first-order valence-electron chi connectivity index (χ1n) is 7.36. The molecule has 2 rings (SSSR count). The third-order valence-corrected chi connectivity index (χ3v) is 4.56. The van der Waals surface area contributed by atoms with Crippen molar-refractivity contribution in [2.75, 3.05) is 13.1 Å². The van der Waals surface area contributed by atoms with Gasteiger partial charge >= 0.3 is 0 Å². The average Bonchev–Trinajstić information content (AvgIpc) is 2.38. The Kier molecular flexibility index (Phi) is 4.28. The number of carbonyl (C=O) groups excluding carboxylic acids is 1. The number of halogens is 1. The molecule has 1 atom stereocenters. The van der Waals surface area contributed by atoms with Gasteiger partial charge in [-0.05, 0) is 62.9 Å². The van der Waals surface area contributed by atoms with E-state index in [1.807, 2.05) is 33.8 Å². The van der Waals surface area contributed by atoms with Crippen LogP contribution in [0.4, 0.5) is 4.39 Å². The molecule has 0 bridgehead atoms. The van der Waals surface area contributed by atoms with Crippen molar-refractivity contribution in [3.8, 4) is 0 Å². The van der Waals surface area contributed by atoms with Crippen LogP contribution in [0, 0.1) is 31.0 Å². The zero-order valence-corrected chi connectivity index (χ0v) is 12.8. The van der Waals surface area contributed by atoms with E-state index in [1.165, 1.54) is 6.07 Å². The molecule has 1 unspecified atom stereocenters. The van der Waals surface area contributed by atoms with E-state index < -0.39 is 5.41 Å². The summed E-state index contributed by atoms with van der Waals surface area (Å²) in [5.74, 6) is -0.186. The minimum atomic E-state index is -0.533. The number of ketones is 1. The highest BCUT2D eigenvalue weighted by Gasteiger charge is 2.39. The molecule has 1 N–H and O–H groups in total. The van der Waals surface area contributed by atoms with Gasteiger partial charge in [-0.2, -0.15) is 0 Å². The van der Waals surface area contributed by atoms with Crippen LogP contribution in [0.1, 0.15) is 48.2 Å². The molecule has 1 aromatic carbocycles. The number of carbonyl (C=O) groups is 1. The van der Waals surface area contributed by atoms with Gasteiger partial charge in [0.25, 0.3) is 0 Å². The smallest absolute Gasteiger partial charge is 0.171 e. The van der Waals surface area contributed by atoms with Gasteiger partial charge in [0.1, 0.15) is 5.82 Å². The Labute approximate surface area is 120 Å². The van der Waals surface area contributed by atoms with E-state index >= 15 is 0 Å². The molecule has 1 aliphatic heterocycles. The molecule has 1 aromatic rings.